The summed E-state index contributed by atoms with van der Waals surface area (Å²) < 4.78 is 10.8. The molecule has 1 aliphatic rings. The highest BCUT2D eigenvalue weighted by Gasteiger charge is 2.34. The molecule has 1 fully saturated rings. The van der Waals surface area contributed by atoms with Gasteiger partial charge in [0.05, 0.1) is 30.4 Å². The van der Waals surface area contributed by atoms with E-state index in [1.807, 2.05) is 27.7 Å². The number of ether oxygens (including phenoxy) is 2. The molecule has 1 heterocycles. The van der Waals surface area contributed by atoms with Crippen LogP contribution < -0.4 is 5.32 Å². The molecule has 0 spiro atoms. The summed E-state index contributed by atoms with van der Waals surface area (Å²) in [5.41, 5.74) is 1.03. The first-order chi connectivity index (χ1) is 12.3. The molecule has 1 saturated heterocycles. The minimum Gasteiger partial charge on any atom is -0.462 e. The molecule has 3 unspecified atom stereocenters. The maximum atomic E-state index is 13.0. The second kappa shape index (κ2) is 9.14. The molecule has 0 saturated carbocycles. The molecule has 1 aliphatic heterocycles. The minimum atomic E-state index is -0.389. The highest BCUT2D eigenvalue weighted by molar-refractivity contribution is 5.97. The molecule has 0 aromatic heterocycles. The Hall–Kier alpha value is -1.92. The van der Waals surface area contributed by atoms with Crippen molar-refractivity contribution in [2.24, 2.45) is 5.92 Å². The van der Waals surface area contributed by atoms with E-state index in [9.17, 15) is 9.59 Å². The molecule has 144 valence electrons. The fourth-order valence-corrected chi connectivity index (χ4v) is 3.49. The Kier molecular flexibility index (Phi) is 7.17. The SMILES string of the molecule is CCOC(=O)c1cccc(NC(=O)C(C(C)C)N2CC(C)OC(C)C2)c1. The number of amides is 1. The lowest BCUT2D eigenvalue weighted by molar-refractivity contribution is -0.130. The topological polar surface area (TPSA) is 67.9 Å². The third kappa shape index (κ3) is 5.29. The molecular weight excluding hydrogens is 332 g/mol. The van der Waals surface area contributed by atoms with Gasteiger partial charge in [-0.25, -0.2) is 4.79 Å². The molecule has 1 aromatic rings. The van der Waals surface area contributed by atoms with E-state index in [2.05, 4.69) is 10.2 Å². The molecule has 1 N–H and O–H groups in total. The molecule has 0 bridgehead atoms. The van der Waals surface area contributed by atoms with Crippen LogP contribution >= 0.6 is 0 Å². The van der Waals surface area contributed by atoms with Gasteiger partial charge in [-0.15, -0.1) is 0 Å². The van der Waals surface area contributed by atoms with Gasteiger partial charge < -0.3 is 14.8 Å². The van der Waals surface area contributed by atoms with E-state index in [1.165, 1.54) is 0 Å². The number of hydrogen-bond acceptors (Lipinski definition) is 5. The van der Waals surface area contributed by atoms with Gasteiger partial charge in [0.25, 0.3) is 0 Å². The van der Waals surface area contributed by atoms with E-state index >= 15 is 0 Å². The van der Waals surface area contributed by atoms with Crippen molar-refractivity contribution >= 4 is 17.6 Å². The van der Waals surface area contributed by atoms with Crippen molar-refractivity contribution in [2.75, 3.05) is 25.0 Å². The predicted molar refractivity (Wildman–Crippen MR) is 101 cm³/mol. The molecule has 26 heavy (non-hydrogen) atoms. The number of morpholine rings is 1. The van der Waals surface area contributed by atoms with Crippen LogP contribution in [-0.2, 0) is 14.3 Å². The summed E-state index contributed by atoms with van der Waals surface area (Å²) in [4.78, 5) is 27.0. The van der Waals surface area contributed by atoms with Crippen molar-refractivity contribution < 1.29 is 19.1 Å². The van der Waals surface area contributed by atoms with E-state index in [4.69, 9.17) is 9.47 Å². The first-order valence-corrected chi connectivity index (χ1v) is 9.29. The fourth-order valence-electron chi connectivity index (χ4n) is 3.49. The summed E-state index contributed by atoms with van der Waals surface area (Å²) in [6.07, 6.45) is 0.194. The lowest BCUT2D eigenvalue weighted by Gasteiger charge is -2.41. The summed E-state index contributed by atoms with van der Waals surface area (Å²) in [7, 11) is 0. The molecule has 6 heteroatoms. The number of anilines is 1. The van der Waals surface area contributed by atoms with Crippen LogP contribution in [0.15, 0.2) is 24.3 Å². The van der Waals surface area contributed by atoms with E-state index in [0.717, 1.165) is 13.1 Å². The van der Waals surface area contributed by atoms with Crippen LogP contribution in [-0.4, -0.2) is 54.7 Å². The van der Waals surface area contributed by atoms with Gasteiger partial charge in [0, 0.05) is 18.8 Å². The van der Waals surface area contributed by atoms with Crippen molar-refractivity contribution in [3.05, 3.63) is 29.8 Å². The Morgan fingerprint density at radius 2 is 1.92 bits per heavy atom. The lowest BCUT2D eigenvalue weighted by atomic mass is 9.99. The Bertz CT molecular complexity index is 622. The van der Waals surface area contributed by atoms with E-state index < -0.39 is 0 Å². The second-order valence-electron chi connectivity index (χ2n) is 7.19. The Morgan fingerprint density at radius 1 is 1.27 bits per heavy atom. The first kappa shape index (κ1) is 20.4. The van der Waals surface area contributed by atoms with Crippen LogP contribution in [0.5, 0.6) is 0 Å². The molecule has 0 radical (unpaired) electrons. The third-order valence-electron chi connectivity index (χ3n) is 4.38. The van der Waals surface area contributed by atoms with E-state index in [-0.39, 0.29) is 36.0 Å². The van der Waals surface area contributed by atoms with Gasteiger partial charge in [-0.1, -0.05) is 19.9 Å². The van der Waals surface area contributed by atoms with Crippen molar-refractivity contribution in [1.82, 2.24) is 4.90 Å². The number of nitrogens with one attached hydrogen (secondary N) is 1. The van der Waals surface area contributed by atoms with Crippen LogP contribution in [0.1, 0.15) is 45.0 Å². The van der Waals surface area contributed by atoms with Crippen LogP contribution in [0.4, 0.5) is 5.69 Å². The summed E-state index contributed by atoms with van der Waals surface area (Å²) >= 11 is 0. The number of benzene rings is 1. The Balaban J connectivity index is 2.13. The van der Waals surface area contributed by atoms with Gasteiger partial charge in [0.15, 0.2) is 0 Å². The molecule has 1 aromatic carbocycles. The molecule has 3 atom stereocenters. The van der Waals surface area contributed by atoms with Gasteiger partial charge in [-0.05, 0) is 44.9 Å². The van der Waals surface area contributed by atoms with Crippen molar-refractivity contribution in [2.45, 2.75) is 52.9 Å². The zero-order valence-corrected chi connectivity index (χ0v) is 16.3. The Labute approximate surface area is 155 Å². The highest BCUT2D eigenvalue weighted by Crippen LogP contribution is 2.21. The molecule has 0 aliphatic carbocycles. The monoisotopic (exact) mass is 362 g/mol. The van der Waals surface area contributed by atoms with Gasteiger partial charge in [0.2, 0.25) is 5.91 Å². The zero-order valence-electron chi connectivity index (χ0n) is 16.3. The number of hydrogen-bond donors (Lipinski definition) is 1. The smallest absolute Gasteiger partial charge is 0.338 e. The average Bonchev–Trinajstić information content (AvgIpc) is 2.54. The van der Waals surface area contributed by atoms with Crippen LogP contribution in [0.3, 0.4) is 0 Å². The predicted octanol–water partition coefficient (Wildman–Crippen LogP) is 2.94. The summed E-state index contributed by atoms with van der Waals surface area (Å²) in [5, 5.41) is 2.96. The van der Waals surface area contributed by atoms with Crippen molar-refractivity contribution in [3.63, 3.8) is 0 Å². The molecule has 2 rings (SSSR count). The van der Waals surface area contributed by atoms with Gasteiger partial charge in [0.1, 0.15) is 0 Å². The highest BCUT2D eigenvalue weighted by atomic mass is 16.5. The average molecular weight is 362 g/mol. The first-order valence-electron chi connectivity index (χ1n) is 9.29. The van der Waals surface area contributed by atoms with Crippen molar-refractivity contribution in [1.29, 1.82) is 0 Å². The standard InChI is InChI=1S/C20H30N2O4/c1-6-25-20(24)16-8-7-9-17(10-16)21-19(23)18(13(2)3)22-11-14(4)26-15(5)12-22/h7-10,13-15,18H,6,11-12H2,1-5H3,(H,21,23). The minimum absolute atomic E-state index is 0.0673. The third-order valence-corrected chi connectivity index (χ3v) is 4.38. The largest absolute Gasteiger partial charge is 0.462 e. The van der Waals surface area contributed by atoms with E-state index in [0.29, 0.717) is 17.9 Å². The van der Waals surface area contributed by atoms with Crippen molar-refractivity contribution in [3.8, 4) is 0 Å². The van der Waals surface area contributed by atoms with Crippen LogP contribution in [0.2, 0.25) is 0 Å². The number of carbonyl (C=O) groups is 2. The van der Waals surface area contributed by atoms with Crippen LogP contribution in [0.25, 0.3) is 0 Å². The summed E-state index contributed by atoms with van der Waals surface area (Å²) in [6.45, 7) is 11.7. The second-order valence-corrected chi connectivity index (χ2v) is 7.19. The molecule has 1 amide bonds. The van der Waals surface area contributed by atoms with Gasteiger partial charge in [-0.2, -0.15) is 0 Å². The van der Waals surface area contributed by atoms with Gasteiger partial charge in [-0.3, -0.25) is 9.69 Å². The maximum absolute atomic E-state index is 13.0. The maximum Gasteiger partial charge on any atom is 0.338 e. The fraction of sp³-hybridized carbons (Fsp3) is 0.600. The zero-order chi connectivity index (χ0) is 19.3. The van der Waals surface area contributed by atoms with Crippen LogP contribution in [0, 0.1) is 5.92 Å². The summed E-state index contributed by atoms with van der Waals surface area (Å²) in [5.74, 6) is -0.303. The molecule has 6 nitrogen and oxygen atoms in total. The number of nitrogens with zero attached hydrogens (tertiary/aromatic N) is 1. The molecular formula is C20H30N2O4. The number of rotatable bonds is 6. The Morgan fingerprint density at radius 3 is 2.50 bits per heavy atom. The normalized spacial score (nSPS) is 22.1. The number of esters is 1. The van der Waals surface area contributed by atoms with E-state index in [1.54, 1.807) is 31.2 Å². The summed E-state index contributed by atoms with van der Waals surface area (Å²) in [6, 6.07) is 6.60. The van der Waals surface area contributed by atoms with Gasteiger partial charge >= 0.3 is 5.97 Å². The quantitative estimate of drug-likeness (QED) is 0.788. The lowest BCUT2D eigenvalue weighted by Crippen LogP contribution is -2.55. The number of carbonyl (C=O) groups excluding carboxylic acids is 2.